The second-order valence-electron chi connectivity index (χ2n) is 6.90. The molecule has 2 amide bonds. The van der Waals surface area contributed by atoms with E-state index in [1.165, 1.54) is 31.1 Å². The number of likely N-dealkylation sites (N-methyl/N-ethyl adjacent to an activating group) is 2. The molecule has 1 aliphatic rings. The molecule has 0 bridgehead atoms. The molecule has 2 rings (SSSR count). The molecule has 1 fully saturated rings. The summed E-state index contributed by atoms with van der Waals surface area (Å²) in [6.07, 6.45) is 11.2. The third-order valence-electron chi connectivity index (χ3n) is 5.08. The first-order chi connectivity index (χ1) is 15.7. The number of thiocarbonyl (C=S) groups is 1. The Morgan fingerprint density at radius 1 is 0.758 bits per heavy atom. The maximum absolute atomic E-state index is 12.6. The van der Waals surface area contributed by atoms with Crippen LogP contribution in [0, 0.1) is 4.77 Å². The number of aromatic nitrogens is 2. The van der Waals surface area contributed by atoms with Crippen molar-refractivity contribution >= 4 is 47.4 Å². The zero-order chi connectivity index (χ0) is 24.7. The summed E-state index contributed by atoms with van der Waals surface area (Å²) in [5.74, 6) is -0.999. The van der Waals surface area contributed by atoms with Crippen LogP contribution in [-0.4, -0.2) is 54.1 Å². The summed E-state index contributed by atoms with van der Waals surface area (Å²) in [5, 5.41) is 10.6. The van der Waals surface area contributed by atoms with Crippen molar-refractivity contribution in [2.45, 2.75) is 40.8 Å². The Morgan fingerprint density at radius 3 is 1.79 bits per heavy atom. The highest BCUT2D eigenvalue weighted by Crippen LogP contribution is 2.18. The fourth-order valence-corrected chi connectivity index (χ4v) is 4.17. The Balaban J connectivity index is 2.22. The van der Waals surface area contributed by atoms with Gasteiger partial charge in [0.1, 0.15) is 11.1 Å². The van der Waals surface area contributed by atoms with E-state index in [0.29, 0.717) is 26.2 Å². The highest BCUT2D eigenvalue weighted by atomic mass is 32.1. The van der Waals surface area contributed by atoms with E-state index in [1.54, 1.807) is 44.2 Å². The van der Waals surface area contributed by atoms with Gasteiger partial charge in [0.2, 0.25) is 5.88 Å². The zero-order valence-electron chi connectivity index (χ0n) is 19.1. The minimum absolute atomic E-state index is 0.0469. The lowest BCUT2D eigenvalue weighted by Crippen LogP contribution is -2.55. The standard InChI is InChI=1S/C23H28N4O4S2/c1-5-24-18(28)16(19(29)25(6-2)22(24)32)14-12-10-9-11-13-15-17-20(30)26(7-3)23(33)27(8-4)21(17)31/h9-15,28H,5-8H2,1-4H3/b10-9+,13-11+,14-12+. The molecule has 0 radical (unpaired) electrons. The van der Waals surface area contributed by atoms with Gasteiger partial charge >= 0.3 is 0 Å². The van der Waals surface area contributed by atoms with Crippen LogP contribution in [0.25, 0.3) is 6.08 Å². The Labute approximate surface area is 203 Å². The van der Waals surface area contributed by atoms with Crippen molar-refractivity contribution in [3.63, 3.8) is 0 Å². The molecular formula is C23H28N4O4S2. The van der Waals surface area contributed by atoms with E-state index in [9.17, 15) is 19.5 Å². The van der Waals surface area contributed by atoms with Gasteiger partial charge in [0.15, 0.2) is 9.88 Å². The lowest BCUT2D eigenvalue weighted by Gasteiger charge is -2.35. The molecule has 0 unspecified atom stereocenters. The molecule has 0 aromatic carbocycles. The van der Waals surface area contributed by atoms with Crippen LogP contribution >= 0.6 is 24.4 Å². The first-order valence-corrected chi connectivity index (χ1v) is 11.5. The zero-order valence-corrected chi connectivity index (χ0v) is 20.8. The molecule has 0 saturated carbocycles. The molecule has 33 heavy (non-hydrogen) atoms. The van der Waals surface area contributed by atoms with E-state index in [0.717, 1.165) is 0 Å². The van der Waals surface area contributed by atoms with E-state index in [-0.39, 0.29) is 32.5 Å². The van der Waals surface area contributed by atoms with E-state index in [2.05, 4.69) is 0 Å². The van der Waals surface area contributed by atoms with Gasteiger partial charge in [-0.1, -0.05) is 30.4 Å². The summed E-state index contributed by atoms with van der Waals surface area (Å²) >= 11 is 10.5. The molecule has 8 nitrogen and oxygen atoms in total. The summed E-state index contributed by atoms with van der Waals surface area (Å²) in [5.41, 5.74) is -0.162. The second kappa shape index (κ2) is 11.7. The van der Waals surface area contributed by atoms with E-state index in [4.69, 9.17) is 24.4 Å². The molecule has 1 aromatic rings. The quantitative estimate of drug-likeness (QED) is 0.262. The van der Waals surface area contributed by atoms with Crippen LogP contribution < -0.4 is 5.56 Å². The number of rotatable bonds is 8. The molecule has 1 N–H and O–H groups in total. The van der Waals surface area contributed by atoms with Crippen LogP contribution in [0.15, 0.2) is 46.8 Å². The first-order valence-electron chi connectivity index (χ1n) is 10.7. The van der Waals surface area contributed by atoms with Gasteiger partial charge < -0.3 is 5.11 Å². The third-order valence-corrected chi connectivity index (χ3v) is 5.96. The van der Waals surface area contributed by atoms with Gasteiger partial charge in [-0.2, -0.15) is 0 Å². The predicted octanol–water partition coefficient (Wildman–Crippen LogP) is 3.17. The van der Waals surface area contributed by atoms with E-state index in [1.807, 2.05) is 13.8 Å². The van der Waals surface area contributed by atoms with Crippen LogP contribution in [0.3, 0.4) is 0 Å². The molecule has 0 spiro atoms. The van der Waals surface area contributed by atoms with E-state index >= 15 is 0 Å². The van der Waals surface area contributed by atoms with Gasteiger partial charge in [-0.3, -0.25) is 33.3 Å². The van der Waals surface area contributed by atoms with Crippen molar-refractivity contribution in [1.82, 2.24) is 18.9 Å². The fraction of sp³-hybridized carbons (Fsp3) is 0.348. The molecule has 2 heterocycles. The van der Waals surface area contributed by atoms with Gasteiger partial charge in [0.25, 0.3) is 17.4 Å². The monoisotopic (exact) mass is 488 g/mol. The summed E-state index contributed by atoms with van der Waals surface area (Å²) in [6, 6.07) is 0. The van der Waals surface area contributed by atoms with Crippen LogP contribution in [0.2, 0.25) is 0 Å². The van der Waals surface area contributed by atoms with Crippen molar-refractivity contribution in [1.29, 1.82) is 0 Å². The lowest BCUT2D eigenvalue weighted by atomic mass is 10.1. The minimum Gasteiger partial charge on any atom is -0.494 e. The average molecular weight is 489 g/mol. The highest BCUT2D eigenvalue weighted by molar-refractivity contribution is 7.80. The number of hydrogen-bond donors (Lipinski definition) is 1. The lowest BCUT2D eigenvalue weighted by molar-refractivity contribution is -0.133. The molecule has 0 atom stereocenters. The largest absolute Gasteiger partial charge is 0.494 e. The summed E-state index contributed by atoms with van der Waals surface area (Å²) < 4.78 is 3.21. The molecular weight excluding hydrogens is 460 g/mol. The number of aromatic hydroxyl groups is 1. The Bertz CT molecular complexity index is 1160. The van der Waals surface area contributed by atoms with Crippen LogP contribution in [0.4, 0.5) is 0 Å². The SMILES string of the molecule is CCN1C(=O)C(=C/C=C/C=C/C=C/c2c(O)n(CC)c(=S)n(CC)c2=O)C(=O)N(CC)C1=S. The fourth-order valence-electron chi connectivity index (χ4n) is 3.32. The van der Waals surface area contributed by atoms with Gasteiger partial charge in [0.05, 0.1) is 0 Å². The molecule has 1 aromatic heterocycles. The summed E-state index contributed by atoms with van der Waals surface area (Å²) in [7, 11) is 0. The number of amides is 2. The number of hydrogen-bond acceptors (Lipinski definition) is 6. The highest BCUT2D eigenvalue weighted by Gasteiger charge is 2.37. The van der Waals surface area contributed by atoms with Crippen molar-refractivity contribution < 1.29 is 14.7 Å². The van der Waals surface area contributed by atoms with Gasteiger partial charge in [-0.25, -0.2) is 0 Å². The average Bonchev–Trinajstić information content (AvgIpc) is 2.78. The predicted molar refractivity (Wildman–Crippen MR) is 135 cm³/mol. The number of allylic oxidation sites excluding steroid dienone is 6. The Kier molecular flexibility index (Phi) is 9.24. The molecule has 0 aliphatic carbocycles. The number of nitrogens with zero attached hydrogens (tertiary/aromatic N) is 4. The summed E-state index contributed by atoms with van der Waals surface area (Å²) in [6.45, 7) is 8.85. The molecule has 176 valence electrons. The molecule has 1 saturated heterocycles. The minimum atomic E-state index is -0.414. The van der Waals surface area contributed by atoms with Crippen LogP contribution in [0.5, 0.6) is 5.88 Å². The van der Waals surface area contributed by atoms with Crippen LogP contribution in [0.1, 0.15) is 33.3 Å². The second-order valence-corrected chi connectivity index (χ2v) is 7.63. The van der Waals surface area contributed by atoms with Gasteiger partial charge in [-0.05, 0) is 64.3 Å². The van der Waals surface area contributed by atoms with Crippen molar-refractivity contribution in [3.05, 3.63) is 62.7 Å². The van der Waals surface area contributed by atoms with Crippen molar-refractivity contribution in [3.8, 4) is 5.88 Å². The number of carbonyl (C=O) groups excluding carboxylic acids is 2. The van der Waals surface area contributed by atoms with Gasteiger partial charge in [-0.15, -0.1) is 0 Å². The third kappa shape index (κ3) is 5.28. The maximum Gasteiger partial charge on any atom is 0.265 e. The van der Waals surface area contributed by atoms with E-state index < -0.39 is 11.8 Å². The normalized spacial score (nSPS) is 15.2. The van der Waals surface area contributed by atoms with Crippen molar-refractivity contribution in [2.75, 3.05) is 13.1 Å². The molecule has 1 aliphatic heterocycles. The first kappa shape index (κ1) is 26.1. The van der Waals surface area contributed by atoms with Crippen molar-refractivity contribution in [2.24, 2.45) is 0 Å². The summed E-state index contributed by atoms with van der Waals surface area (Å²) in [4.78, 5) is 40.5. The van der Waals surface area contributed by atoms with Crippen LogP contribution in [-0.2, 0) is 22.7 Å². The van der Waals surface area contributed by atoms with Gasteiger partial charge in [0, 0.05) is 26.2 Å². The molecule has 10 heteroatoms. The smallest absolute Gasteiger partial charge is 0.265 e. The topological polar surface area (TPSA) is 87.8 Å². The Morgan fingerprint density at radius 2 is 1.27 bits per heavy atom. The maximum atomic E-state index is 12.6. The Hall–Kier alpha value is -3.11. The number of carbonyl (C=O) groups is 2.